The van der Waals surface area contributed by atoms with Crippen LogP contribution < -0.4 is 5.32 Å². The maximum atomic E-state index is 11.6. The Labute approximate surface area is 115 Å². The minimum atomic E-state index is -0.550. The number of aryl methyl sites for hydroxylation is 3. The molecule has 0 spiro atoms. The van der Waals surface area contributed by atoms with Crippen LogP contribution in [0.15, 0.2) is 12.1 Å². The van der Waals surface area contributed by atoms with Crippen molar-refractivity contribution in [2.24, 2.45) is 0 Å². The largest absolute Gasteiger partial charge is 0.388 e. The molecular weight excluding hydrogens is 238 g/mol. The molecule has 0 aromatic heterocycles. The van der Waals surface area contributed by atoms with Gasteiger partial charge in [0.2, 0.25) is 5.91 Å². The number of benzene rings is 1. The fourth-order valence-electron chi connectivity index (χ4n) is 2.66. The summed E-state index contributed by atoms with van der Waals surface area (Å²) in [7, 11) is 0. The molecule has 3 nitrogen and oxygen atoms in total. The number of hydrogen-bond acceptors (Lipinski definition) is 2. The summed E-state index contributed by atoms with van der Waals surface area (Å²) in [5.74, 6) is 0.0592. The van der Waals surface area contributed by atoms with Gasteiger partial charge in [0.1, 0.15) is 0 Å². The standard InChI is InChI=1S/C16H23NO2/c1-10-8-11(2)16(12(3)9-10)14(18)6-7-15(19)17-13-4-5-13/h8-9,13-14,18H,4-7H2,1-3H3,(H,17,19). The summed E-state index contributed by atoms with van der Waals surface area (Å²) in [6, 6.07) is 4.55. The summed E-state index contributed by atoms with van der Waals surface area (Å²) in [5.41, 5.74) is 4.39. The van der Waals surface area contributed by atoms with Crippen LogP contribution in [0, 0.1) is 20.8 Å². The average Bonchev–Trinajstić information content (AvgIpc) is 3.08. The maximum absolute atomic E-state index is 11.6. The molecule has 3 heteroatoms. The highest BCUT2D eigenvalue weighted by molar-refractivity contribution is 5.76. The minimum Gasteiger partial charge on any atom is -0.388 e. The minimum absolute atomic E-state index is 0.0592. The number of aliphatic hydroxyl groups excluding tert-OH is 1. The molecule has 1 aromatic carbocycles. The molecule has 0 saturated heterocycles. The van der Waals surface area contributed by atoms with E-state index in [9.17, 15) is 9.90 Å². The predicted octanol–water partition coefficient (Wildman–Crippen LogP) is 2.70. The molecule has 1 unspecified atom stereocenters. The number of rotatable bonds is 5. The van der Waals surface area contributed by atoms with Crippen molar-refractivity contribution >= 4 is 5.91 Å². The Morgan fingerprint density at radius 2 is 1.89 bits per heavy atom. The van der Waals surface area contributed by atoms with Crippen molar-refractivity contribution in [3.63, 3.8) is 0 Å². The van der Waals surface area contributed by atoms with Gasteiger partial charge in [0, 0.05) is 12.5 Å². The summed E-state index contributed by atoms with van der Waals surface area (Å²) in [4.78, 5) is 11.6. The molecule has 0 heterocycles. The molecule has 1 fully saturated rings. The number of aliphatic hydroxyl groups is 1. The normalized spacial score (nSPS) is 16.2. The molecule has 2 rings (SSSR count). The van der Waals surface area contributed by atoms with Gasteiger partial charge in [-0.15, -0.1) is 0 Å². The first kappa shape index (κ1) is 14.1. The Bertz CT molecular complexity index is 455. The van der Waals surface area contributed by atoms with Crippen molar-refractivity contribution in [1.82, 2.24) is 5.32 Å². The Morgan fingerprint density at radius 1 is 1.32 bits per heavy atom. The Balaban J connectivity index is 1.95. The van der Waals surface area contributed by atoms with Gasteiger partial charge < -0.3 is 10.4 Å². The fourth-order valence-corrected chi connectivity index (χ4v) is 2.66. The summed E-state index contributed by atoms with van der Waals surface area (Å²) >= 11 is 0. The van der Waals surface area contributed by atoms with Gasteiger partial charge in [-0.25, -0.2) is 0 Å². The molecule has 0 bridgehead atoms. The predicted molar refractivity (Wildman–Crippen MR) is 76.0 cm³/mol. The molecule has 2 N–H and O–H groups in total. The number of nitrogens with one attached hydrogen (secondary N) is 1. The zero-order chi connectivity index (χ0) is 14.0. The van der Waals surface area contributed by atoms with Crippen LogP contribution in [-0.4, -0.2) is 17.1 Å². The molecular formula is C16H23NO2. The number of carbonyl (C=O) groups is 1. The van der Waals surface area contributed by atoms with Crippen molar-refractivity contribution in [2.75, 3.05) is 0 Å². The summed E-state index contributed by atoms with van der Waals surface area (Å²) in [6.45, 7) is 6.09. The van der Waals surface area contributed by atoms with Crippen LogP contribution in [0.3, 0.4) is 0 Å². The Kier molecular flexibility index (Phi) is 4.25. The van der Waals surface area contributed by atoms with E-state index in [1.807, 2.05) is 13.8 Å². The zero-order valence-corrected chi connectivity index (χ0v) is 12.0. The van der Waals surface area contributed by atoms with Crippen molar-refractivity contribution in [2.45, 2.75) is 58.6 Å². The molecule has 1 aliphatic rings. The van der Waals surface area contributed by atoms with Crippen molar-refractivity contribution < 1.29 is 9.90 Å². The second kappa shape index (κ2) is 5.74. The third-order valence-electron chi connectivity index (χ3n) is 3.66. The maximum Gasteiger partial charge on any atom is 0.220 e. The molecule has 1 amide bonds. The van der Waals surface area contributed by atoms with Crippen molar-refractivity contribution in [1.29, 1.82) is 0 Å². The van der Waals surface area contributed by atoms with Crippen LogP contribution in [0.4, 0.5) is 0 Å². The van der Waals surface area contributed by atoms with Gasteiger partial charge in [0.05, 0.1) is 6.10 Å². The van der Waals surface area contributed by atoms with Crippen LogP contribution in [0.5, 0.6) is 0 Å². The second-order valence-corrected chi connectivity index (χ2v) is 5.71. The number of amides is 1. The number of hydrogen-bond donors (Lipinski definition) is 2. The molecule has 1 atom stereocenters. The van der Waals surface area contributed by atoms with E-state index in [0.29, 0.717) is 18.9 Å². The Hall–Kier alpha value is -1.35. The summed E-state index contributed by atoms with van der Waals surface area (Å²) in [6.07, 6.45) is 2.54. The lowest BCUT2D eigenvalue weighted by atomic mass is 9.93. The highest BCUT2D eigenvalue weighted by atomic mass is 16.3. The lowest BCUT2D eigenvalue weighted by molar-refractivity contribution is -0.121. The highest BCUT2D eigenvalue weighted by Gasteiger charge is 2.23. The molecule has 1 aromatic rings. The molecule has 1 saturated carbocycles. The first-order valence-electron chi connectivity index (χ1n) is 7.02. The van der Waals surface area contributed by atoms with Crippen LogP contribution in [0.2, 0.25) is 0 Å². The molecule has 0 aliphatic heterocycles. The highest BCUT2D eigenvalue weighted by Crippen LogP contribution is 2.27. The van der Waals surface area contributed by atoms with E-state index in [1.54, 1.807) is 0 Å². The topological polar surface area (TPSA) is 49.3 Å². The van der Waals surface area contributed by atoms with Gasteiger partial charge in [-0.2, -0.15) is 0 Å². The summed E-state index contributed by atoms with van der Waals surface area (Å²) in [5, 5.41) is 13.2. The number of carbonyl (C=O) groups excluding carboxylic acids is 1. The van der Waals surface area contributed by atoms with Gasteiger partial charge >= 0.3 is 0 Å². The molecule has 0 radical (unpaired) electrons. The van der Waals surface area contributed by atoms with Crippen molar-refractivity contribution in [3.8, 4) is 0 Å². The molecule has 104 valence electrons. The van der Waals surface area contributed by atoms with Gasteiger partial charge in [-0.05, 0) is 56.7 Å². The first-order chi connectivity index (χ1) is 8.97. The molecule has 1 aliphatic carbocycles. The van der Waals surface area contributed by atoms with E-state index in [0.717, 1.165) is 29.5 Å². The van der Waals surface area contributed by atoms with Crippen molar-refractivity contribution in [3.05, 3.63) is 34.4 Å². The SMILES string of the molecule is Cc1cc(C)c(C(O)CCC(=O)NC2CC2)c(C)c1. The average molecular weight is 261 g/mol. The third-order valence-corrected chi connectivity index (χ3v) is 3.66. The van der Waals surface area contributed by atoms with Crippen LogP contribution in [0.25, 0.3) is 0 Å². The van der Waals surface area contributed by atoms with E-state index < -0.39 is 6.10 Å². The van der Waals surface area contributed by atoms with Gasteiger partial charge in [0.15, 0.2) is 0 Å². The first-order valence-corrected chi connectivity index (χ1v) is 7.02. The fraction of sp³-hybridized carbons (Fsp3) is 0.562. The monoisotopic (exact) mass is 261 g/mol. The van der Waals surface area contributed by atoms with Crippen LogP contribution >= 0.6 is 0 Å². The van der Waals surface area contributed by atoms with E-state index in [2.05, 4.69) is 24.4 Å². The lowest BCUT2D eigenvalue weighted by Crippen LogP contribution is -2.25. The van der Waals surface area contributed by atoms with E-state index in [4.69, 9.17) is 0 Å². The van der Waals surface area contributed by atoms with Crippen LogP contribution in [-0.2, 0) is 4.79 Å². The van der Waals surface area contributed by atoms with Gasteiger partial charge in [0.25, 0.3) is 0 Å². The van der Waals surface area contributed by atoms with E-state index in [1.165, 1.54) is 5.56 Å². The lowest BCUT2D eigenvalue weighted by Gasteiger charge is -2.17. The van der Waals surface area contributed by atoms with Gasteiger partial charge in [-0.1, -0.05) is 17.7 Å². The Morgan fingerprint density at radius 3 is 2.42 bits per heavy atom. The third kappa shape index (κ3) is 3.80. The quantitative estimate of drug-likeness (QED) is 0.856. The summed E-state index contributed by atoms with van der Waals surface area (Å²) < 4.78 is 0. The van der Waals surface area contributed by atoms with Gasteiger partial charge in [-0.3, -0.25) is 4.79 Å². The molecule has 19 heavy (non-hydrogen) atoms. The smallest absolute Gasteiger partial charge is 0.220 e. The van der Waals surface area contributed by atoms with E-state index in [-0.39, 0.29) is 5.91 Å². The van der Waals surface area contributed by atoms with Crippen LogP contribution in [0.1, 0.15) is 54.0 Å². The van der Waals surface area contributed by atoms with E-state index >= 15 is 0 Å². The zero-order valence-electron chi connectivity index (χ0n) is 12.0. The second-order valence-electron chi connectivity index (χ2n) is 5.71.